The molecule has 6 heteroatoms. The minimum absolute atomic E-state index is 0.107. The number of hydrogen-bond acceptors (Lipinski definition) is 5. The van der Waals surface area contributed by atoms with Crippen LogP contribution in [0.15, 0.2) is 36.4 Å². The van der Waals surface area contributed by atoms with Crippen molar-refractivity contribution in [2.75, 3.05) is 11.1 Å². The summed E-state index contributed by atoms with van der Waals surface area (Å²) in [7, 11) is 0. The van der Waals surface area contributed by atoms with E-state index >= 15 is 0 Å². The topological polar surface area (TPSA) is 94.1 Å². The first-order valence-electron chi connectivity index (χ1n) is 5.31. The number of nitrogens with one attached hydrogen (secondary N) is 1. The number of aromatic nitrogens is 1. The van der Waals surface area contributed by atoms with Crippen LogP contribution in [-0.2, 0) is 0 Å². The van der Waals surface area contributed by atoms with Crippen LogP contribution < -0.4 is 11.1 Å². The van der Waals surface area contributed by atoms with Gasteiger partial charge in [-0.1, -0.05) is 17.7 Å². The molecule has 92 valence electrons. The van der Waals surface area contributed by atoms with Crippen molar-refractivity contribution in [2.24, 2.45) is 0 Å². The molecule has 2 rings (SSSR count). The number of pyridine rings is 1. The zero-order valence-corrected chi connectivity index (χ0v) is 9.75. The lowest BCUT2D eigenvalue weighted by molar-refractivity contribution is -0.384. The van der Waals surface area contributed by atoms with Gasteiger partial charge in [-0.15, -0.1) is 0 Å². The summed E-state index contributed by atoms with van der Waals surface area (Å²) < 4.78 is 0. The molecule has 6 nitrogen and oxygen atoms in total. The summed E-state index contributed by atoms with van der Waals surface area (Å²) in [5.41, 5.74) is 7.26. The third-order valence-corrected chi connectivity index (χ3v) is 2.41. The number of nitrogens with two attached hydrogens (primary N) is 1. The Labute approximate surface area is 104 Å². The van der Waals surface area contributed by atoms with Gasteiger partial charge in [-0.2, -0.15) is 0 Å². The van der Waals surface area contributed by atoms with Gasteiger partial charge in [-0.3, -0.25) is 10.1 Å². The van der Waals surface area contributed by atoms with Crippen molar-refractivity contribution in [3.05, 3.63) is 52.1 Å². The van der Waals surface area contributed by atoms with Crippen molar-refractivity contribution in [3.8, 4) is 0 Å². The molecule has 0 aliphatic rings. The van der Waals surface area contributed by atoms with Gasteiger partial charge in [0, 0.05) is 11.8 Å². The van der Waals surface area contributed by atoms with E-state index in [1.54, 1.807) is 0 Å². The van der Waals surface area contributed by atoms with Gasteiger partial charge in [0.1, 0.15) is 5.82 Å². The van der Waals surface area contributed by atoms with E-state index in [1.807, 2.05) is 31.2 Å². The Bertz CT molecular complexity index is 581. The van der Waals surface area contributed by atoms with Crippen LogP contribution in [0, 0.1) is 17.0 Å². The van der Waals surface area contributed by atoms with Crippen LogP contribution in [0.4, 0.5) is 23.0 Å². The van der Waals surface area contributed by atoms with E-state index in [4.69, 9.17) is 5.73 Å². The van der Waals surface area contributed by atoms with E-state index in [1.165, 1.54) is 12.1 Å². The Kier molecular flexibility index (Phi) is 3.09. The Balaban J connectivity index is 2.35. The van der Waals surface area contributed by atoms with Crippen LogP contribution in [0.2, 0.25) is 0 Å². The van der Waals surface area contributed by atoms with E-state index in [-0.39, 0.29) is 17.3 Å². The van der Waals surface area contributed by atoms with Crippen molar-refractivity contribution in [1.29, 1.82) is 0 Å². The van der Waals surface area contributed by atoms with Crippen LogP contribution in [0.5, 0.6) is 0 Å². The quantitative estimate of drug-likeness (QED) is 0.639. The number of nitro groups is 1. The molecular formula is C12H12N4O2. The lowest BCUT2D eigenvalue weighted by Crippen LogP contribution is -2.01. The largest absolute Gasteiger partial charge is 0.384 e. The highest BCUT2D eigenvalue weighted by Gasteiger charge is 2.15. The maximum absolute atomic E-state index is 10.9. The summed E-state index contributed by atoms with van der Waals surface area (Å²) in [4.78, 5) is 14.3. The monoisotopic (exact) mass is 244 g/mol. The fraction of sp³-hybridized carbons (Fsp3) is 0.0833. The lowest BCUT2D eigenvalue weighted by Gasteiger charge is -2.07. The summed E-state index contributed by atoms with van der Waals surface area (Å²) >= 11 is 0. The summed E-state index contributed by atoms with van der Waals surface area (Å²) in [5.74, 6) is 0.374. The zero-order chi connectivity index (χ0) is 13.1. The average molecular weight is 244 g/mol. The number of anilines is 3. The summed E-state index contributed by atoms with van der Waals surface area (Å²) in [6, 6.07) is 10.2. The number of hydrogen-bond donors (Lipinski definition) is 2. The number of rotatable bonds is 3. The second-order valence-corrected chi connectivity index (χ2v) is 3.85. The Hall–Kier alpha value is -2.63. The van der Waals surface area contributed by atoms with Crippen molar-refractivity contribution in [3.63, 3.8) is 0 Å². The van der Waals surface area contributed by atoms with Crippen LogP contribution in [0.25, 0.3) is 0 Å². The maximum Gasteiger partial charge on any atom is 0.311 e. The van der Waals surface area contributed by atoms with E-state index in [0.29, 0.717) is 0 Å². The highest BCUT2D eigenvalue weighted by atomic mass is 16.6. The molecule has 0 atom stereocenters. The molecule has 0 bridgehead atoms. The Morgan fingerprint density at radius 1 is 1.22 bits per heavy atom. The number of benzene rings is 1. The Morgan fingerprint density at radius 2 is 1.89 bits per heavy atom. The predicted molar refractivity (Wildman–Crippen MR) is 69.8 cm³/mol. The van der Waals surface area contributed by atoms with Crippen LogP contribution in [0.3, 0.4) is 0 Å². The van der Waals surface area contributed by atoms with E-state index in [2.05, 4.69) is 10.3 Å². The van der Waals surface area contributed by atoms with Crippen LogP contribution in [0.1, 0.15) is 5.56 Å². The molecule has 0 unspecified atom stereocenters. The smallest absolute Gasteiger partial charge is 0.311 e. The first kappa shape index (κ1) is 11.8. The minimum Gasteiger partial charge on any atom is -0.384 e. The zero-order valence-electron chi connectivity index (χ0n) is 9.75. The standard InChI is InChI=1S/C12H12N4O2/c1-8-2-4-9(5-3-8)14-12-10(16(17)18)6-7-11(13)15-12/h2-7H,1H3,(H3,13,14,15). The van der Waals surface area contributed by atoms with Gasteiger partial charge in [0.05, 0.1) is 4.92 Å². The first-order chi connectivity index (χ1) is 8.56. The summed E-state index contributed by atoms with van der Waals surface area (Å²) in [5, 5.41) is 13.8. The molecule has 3 N–H and O–H groups in total. The molecule has 0 spiro atoms. The number of nitrogens with zero attached hydrogens (tertiary/aromatic N) is 2. The van der Waals surface area contributed by atoms with Crippen molar-refractivity contribution < 1.29 is 4.92 Å². The molecule has 0 aliphatic heterocycles. The molecular weight excluding hydrogens is 232 g/mol. The van der Waals surface area contributed by atoms with Gasteiger partial charge in [0.25, 0.3) is 0 Å². The highest BCUT2D eigenvalue weighted by Crippen LogP contribution is 2.26. The second kappa shape index (κ2) is 4.70. The SMILES string of the molecule is Cc1ccc(Nc2nc(N)ccc2[N+](=O)[O-])cc1. The van der Waals surface area contributed by atoms with Gasteiger partial charge in [0.2, 0.25) is 5.82 Å². The second-order valence-electron chi connectivity index (χ2n) is 3.85. The predicted octanol–water partition coefficient (Wildman–Crippen LogP) is 2.62. The minimum atomic E-state index is -0.497. The molecule has 1 aromatic heterocycles. The number of nitrogen functional groups attached to an aromatic ring is 1. The number of aryl methyl sites for hydroxylation is 1. The molecule has 2 aromatic rings. The molecule has 0 amide bonds. The normalized spacial score (nSPS) is 10.1. The fourth-order valence-electron chi connectivity index (χ4n) is 1.48. The highest BCUT2D eigenvalue weighted by molar-refractivity contribution is 5.67. The van der Waals surface area contributed by atoms with Gasteiger partial charge in [0.15, 0.2) is 0 Å². The fourth-order valence-corrected chi connectivity index (χ4v) is 1.48. The molecule has 1 heterocycles. The van der Waals surface area contributed by atoms with Gasteiger partial charge >= 0.3 is 5.69 Å². The van der Waals surface area contributed by atoms with E-state index in [9.17, 15) is 10.1 Å². The average Bonchev–Trinajstić information content (AvgIpc) is 2.32. The summed E-state index contributed by atoms with van der Waals surface area (Å²) in [6.45, 7) is 1.96. The third-order valence-electron chi connectivity index (χ3n) is 2.41. The maximum atomic E-state index is 10.9. The van der Waals surface area contributed by atoms with Crippen molar-refractivity contribution >= 4 is 23.0 Å². The van der Waals surface area contributed by atoms with Crippen molar-refractivity contribution in [2.45, 2.75) is 6.92 Å². The van der Waals surface area contributed by atoms with Gasteiger partial charge in [-0.25, -0.2) is 4.98 Å². The third kappa shape index (κ3) is 2.54. The first-order valence-corrected chi connectivity index (χ1v) is 5.31. The molecule has 1 aromatic carbocycles. The van der Waals surface area contributed by atoms with Crippen LogP contribution >= 0.6 is 0 Å². The van der Waals surface area contributed by atoms with E-state index in [0.717, 1.165) is 11.3 Å². The molecule has 0 fully saturated rings. The molecule has 0 saturated carbocycles. The lowest BCUT2D eigenvalue weighted by atomic mass is 10.2. The van der Waals surface area contributed by atoms with Crippen molar-refractivity contribution in [1.82, 2.24) is 4.98 Å². The summed E-state index contributed by atoms with van der Waals surface area (Å²) in [6.07, 6.45) is 0. The van der Waals surface area contributed by atoms with Gasteiger partial charge in [-0.05, 0) is 25.1 Å². The van der Waals surface area contributed by atoms with E-state index < -0.39 is 4.92 Å². The molecule has 0 saturated heterocycles. The molecule has 0 aliphatic carbocycles. The van der Waals surface area contributed by atoms with Gasteiger partial charge < -0.3 is 11.1 Å². The molecule has 18 heavy (non-hydrogen) atoms. The Morgan fingerprint density at radius 3 is 2.50 bits per heavy atom. The molecule has 0 radical (unpaired) electrons. The van der Waals surface area contributed by atoms with Crippen LogP contribution in [-0.4, -0.2) is 9.91 Å².